The molecule has 0 aromatic heterocycles. The highest BCUT2D eigenvalue weighted by Gasteiger charge is 2.38. The van der Waals surface area contributed by atoms with Gasteiger partial charge in [-0.15, -0.1) is 0 Å². The molecule has 9 heavy (non-hydrogen) atoms. The van der Waals surface area contributed by atoms with Gasteiger partial charge in [-0.3, -0.25) is 0 Å². The first-order valence-electron chi connectivity index (χ1n) is 3.60. The van der Waals surface area contributed by atoms with Crippen molar-refractivity contribution >= 4 is 0 Å². The van der Waals surface area contributed by atoms with Gasteiger partial charge in [0.2, 0.25) is 0 Å². The molecule has 2 nitrogen and oxygen atoms in total. The molecule has 0 amide bonds. The lowest BCUT2D eigenvalue weighted by atomic mass is 10.0. The molecule has 2 aliphatic rings. The monoisotopic (exact) mass is 122 g/mol. The van der Waals surface area contributed by atoms with Gasteiger partial charge in [0.15, 0.2) is 6.19 Å². The Hall–Kier alpha value is -0.710. The van der Waals surface area contributed by atoms with Crippen LogP contribution >= 0.6 is 0 Å². The van der Waals surface area contributed by atoms with Crippen LogP contribution in [-0.2, 0) is 0 Å². The zero-order valence-electron chi connectivity index (χ0n) is 5.38. The van der Waals surface area contributed by atoms with E-state index in [-0.39, 0.29) is 0 Å². The predicted molar refractivity (Wildman–Crippen MR) is 33.5 cm³/mol. The molecule has 2 bridgehead atoms. The molecule has 48 valence electrons. The topological polar surface area (TPSA) is 27.0 Å². The number of rotatable bonds is 0. The second kappa shape index (κ2) is 1.63. The van der Waals surface area contributed by atoms with E-state index in [0.717, 1.165) is 0 Å². The standard InChI is InChI=1S/C7H10N2/c8-5-9-6-1-2-7(9)4-3-6/h6-7H,1-4H2/t6-,7+. The molecule has 2 heterocycles. The highest BCUT2D eigenvalue weighted by atomic mass is 15.2. The molecular weight excluding hydrogens is 112 g/mol. The molecule has 0 aromatic rings. The van der Waals surface area contributed by atoms with Crippen molar-refractivity contribution in [2.75, 3.05) is 0 Å². The Kier molecular flexibility index (Phi) is 0.926. The van der Waals surface area contributed by atoms with Crippen LogP contribution in [0.2, 0.25) is 0 Å². The molecule has 0 aromatic carbocycles. The fourth-order valence-corrected chi connectivity index (χ4v) is 2.08. The highest BCUT2D eigenvalue weighted by Crippen LogP contribution is 2.36. The van der Waals surface area contributed by atoms with Gasteiger partial charge in [-0.1, -0.05) is 0 Å². The molecule has 2 aliphatic heterocycles. The minimum Gasteiger partial charge on any atom is -0.305 e. The normalized spacial score (nSPS) is 39.2. The Labute approximate surface area is 55.1 Å². The summed E-state index contributed by atoms with van der Waals surface area (Å²) in [7, 11) is 0. The van der Waals surface area contributed by atoms with Crippen molar-refractivity contribution in [3.63, 3.8) is 0 Å². The van der Waals surface area contributed by atoms with E-state index in [2.05, 4.69) is 6.19 Å². The van der Waals surface area contributed by atoms with Gasteiger partial charge in [0, 0.05) is 12.1 Å². The summed E-state index contributed by atoms with van der Waals surface area (Å²) in [5, 5.41) is 8.62. The zero-order chi connectivity index (χ0) is 6.27. The molecule has 2 rings (SSSR count). The summed E-state index contributed by atoms with van der Waals surface area (Å²) in [4.78, 5) is 1.99. The van der Waals surface area contributed by atoms with Crippen LogP contribution in [0.5, 0.6) is 0 Å². The SMILES string of the molecule is N#CN1[C@H]2CC[C@@H]1CC2. The van der Waals surface area contributed by atoms with Gasteiger partial charge in [0.05, 0.1) is 0 Å². The van der Waals surface area contributed by atoms with Crippen LogP contribution in [0.25, 0.3) is 0 Å². The quantitative estimate of drug-likeness (QED) is 0.450. The van der Waals surface area contributed by atoms with Gasteiger partial charge in [-0.2, -0.15) is 5.26 Å². The van der Waals surface area contributed by atoms with Gasteiger partial charge in [-0.25, -0.2) is 0 Å². The molecule has 0 radical (unpaired) electrons. The van der Waals surface area contributed by atoms with E-state index < -0.39 is 0 Å². The summed E-state index contributed by atoms with van der Waals surface area (Å²) < 4.78 is 0. The second-order valence-corrected chi connectivity index (χ2v) is 2.97. The number of hydrogen-bond donors (Lipinski definition) is 0. The molecule has 2 heteroatoms. The number of nitrogens with zero attached hydrogens (tertiary/aromatic N) is 2. The minimum absolute atomic E-state index is 0.625. The Bertz CT molecular complexity index is 139. The molecule has 2 saturated heterocycles. The van der Waals surface area contributed by atoms with Crippen molar-refractivity contribution in [1.29, 1.82) is 5.26 Å². The largest absolute Gasteiger partial charge is 0.305 e. The third-order valence-electron chi connectivity index (χ3n) is 2.57. The van der Waals surface area contributed by atoms with Crippen LogP contribution in [0.4, 0.5) is 0 Å². The van der Waals surface area contributed by atoms with E-state index in [1.165, 1.54) is 25.7 Å². The summed E-state index contributed by atoms with van der Waals surface area (Å²) in [5.74, 6) is 0. The third-order valence-corrected chi connectivity index (χ3v) is 2.57. The average molecular weight is 122 g/mol. The second-order valence-electron chi connectivity index (χ2n) is 2.97. The molecule has 0 N–H and O–H groups in total. The lowest BCUT2D eigenvalue weighted by molar-refractivity contribution is 0.372. The van der Waals surface area contributed by atoms with E-state index >= 15 is 0 Å². The van der Waals surface area contributed by atoms with Crippen LogP contribution in [-0.4, -0.2) is 17.0 Å². The predicted octanol–water partition coefficient (Wildman–Crippen LogP) is 1.09. The first-order valence-corrected chi connectivity index (χ1v) is 3.60. The molecule has 0 aliphatic carbocycles. The van der Waals surface area contributed by atoms with Gasteiger partial charge in [0.25, 0.3) is 0 Å². The summed E-state index contributed by atoms with van der Waals surface area (Å²) in [6, 6.07) is 1.25. The smallest absolute Gasteiger partial charge is 0.179 e. The van der Waals surface area contributed by atoms with Crippen LogP contribution in [0.1, 0.15) is 25.7 Å². The van der Waals surface area contributed by atoms with Crippen molar-refractivity contribution in [2.24, 2.45) is 0 Å². The summed E-state index contributed by atoms with van der Waals surface area (Å²) in [6.45, 7) is 0. The van der Waals surface area contributed by atoms with Gasteiger partial charge in [0.1, 0.15) is 0 Å². The molecule has 0 saturated carbocycles. The number of nitriles is 1. The van der Waals surface area contributed by atoms with Gasteiger partial charge < -0.3 is 4.90 Å². The summed E-state index contributed by atoms with van der Waals surface area (Å²) >= 11 is 0. The lowest BCUT2D eigenvalue weighted by Crippen LogP contribution is -2.21. The lowest BCUT2D eigenvalue weighted by Gasteiger charge is -2.11. The first kappa shape index (κ1) is 5.10. The molecule has 0 unspecified atom stereocenters. The van der Waals surface area contributed by atoms with Crippen LogP contribution in [0, 0.1) is 11.5 Å². The summed E-state index contributed by atoms with van der Waals surface area (Å²) in [6.07, 6.45) is 7.31. The summed E-state index contributed by atoms with van der Waals surface area (Å²) in [5.41, 5.74) is 0. The number of hydrogen-bond acceptors (Lipinski definition) is 2. The first-order chi connectivity index (χ1) is 4.42. The number of fused-ring (bicyclic) bond motifs is 2. The molecule has 0 spiro atoms. The van der Waals surface area contributed by atoms with Crippen molar-refractivity contribution in [3.05, 3.63) is 0 Å². The van der Waals surface area contributed by atoms with Crippen molar-refractivity contribution in [1.82, 2.24) is 4.90 Å². The maximum Gasteiger partial charge on any atom is 0.179 e. The van der Waals surface area contributed by atoms with Crippen LogP contribution in [0.3, 0.4) is 0 Å². The molecule has 0 atom stereocenters. The zero-order valence-corrected chi connectivity index (χ0v) is 5.38. The third kappa shape index (κ3) is 0.548. The van der Waals surface area contributed by atoms with Crippen molar-refractivity contribution in [2.45, 2.75) is 37.8 Å². The Morgan fingerprint density at radius 3 is 1.78 bits per heavy atom. The van der Waals surface area contributed by atoms with E-state index in [1.807, 2.05) is 4.90 Å². The van der Waals surface area contributed by atoms with Gasteiger partial charge >= 0.3 is 0 Å². The molecule has 2 fully saturated rings. The van der Waals surface area contributed by atoms with E-state index in [9.17, 15) is 0 Å². The van der Waals surface area contributed by atoms with Gasteiger partial charge in [-0.05, 0) is 25.7 Å². The Morgan fingerprint density at radius 1 is 1.11 bits per heavy atom. The van der Waals surface area contributed by atoms with Crippen LogP contribution in [0.15, 0.2) is 0 Å². The van der Waals surface area contributed by atoms with E-state index in [1.54, 1.807) is 0 Å². The highest BCUT2D eigenvalue weighted by molar-refractivity contribution is 5.00. The maximum absolute atomic E-state index is 8.62. The average Bonchev–Trinajstić information content (AvgIpc) is 2.44. The van der Waals surface area contributed by atoms with E-state index in [0.29, 0.717) is 12.1 Å². The minimum atomic E-state index is 0.625. The van der Waals surface area contributed by atoms with E-state index in [4.69, 9.17) is 5.26 Å². The Balaban J connectivity index is 2.19. The molecular formula is C7H10N2. The Morgan fingerprint density at radius 2 is 1.56 bits per heavy atom. The maximum atomic E-state index is 8.62. The van der Waals surface area contributed by atoms with Crippen molar-refractivity contribution < 1.29 is 0 Å². The fraction of sp³-hybridized carbons (Fsp3) is 0.857. The fourth-order valence-electron chi connectivity index (χ4n) is 2.08. The van der Waals surface area contributed by atoms with Crippen molar-refractivity contribution in [3.8, 4) is 6.19 Å². The van der Waals surface area contributed by atoms with Crippen LogP contribution < -0.4 is 0 Å².